The molecule has 0 spiro atoms. The zero-order valence-electron chi connectivity index (χ0n) is 16.5. The number of phenols is 1. The summed E-state index contributed by atoms with van der Waals surface area (Å²) in [7, 11) is 1.44. The zero-order valence-corrected chi connectivity index (χ0v) is 16.5. The van der Waals surface area contributed by atoms with Crippen LogP contribution in [-0.2, 0) is 19.2 Å². The van der Waals surface area contributed by atoms with E-state index in [1.807, 2.05) is 0 Å². The normalized spacial score (nSPS) is 34.5. The van der Waals surface area contributed by atoms with Crippen LogP contribution in [0.5, 0.6) is 11.5 Å². The molecule has 0 bridgehead atoms. The Morgan fingerprint density at radius 1 is 0.903 bits per heavy atom. The Hall–Kier alpha value is -3.24. The third kappa shape index (κ3) is 2.52. The average molecular weight is 428 g/mol. The smallest absolute Gasteiger partial charge is 0.258 e. The van der Waals surface area contributed by atoms with Crippen LogP contribution in [-0.4, -0.2) is 56.4 Å². The number of aromatic hydroxyl groups is 1. The Morgan fingerprint density at radius 2 is 1.55 bits per heavy atom. The van der Waals surface area contributed by atoms with Crippen molar-refractivity contribution in [2.45, 2.75) is 18.8 Å². The van der Waals surface area contributed by atoms with Gasteiger partial charge in [-0.1, -0.05) is 17.7 Å². The predicted octanol–water partition coefficient (Wildman–Crippen LogP) is 0.815. The van der Waals surface area contributed by atoms with Crippen molar-refractivity contribution in [1.82, 2.24) is 10.1 Å². The number of allylic oxidation sites excluding steroid dienone is 2. The van der Waals surface area contributed by atoms with Gasteiger partial charge in [0.05, 0.1) is 30.8 Å². The van der Waals surface area contributed by atoms with E-state index in [0.29, 0.717) is 16.9 Å². The van der Waals surface area contributed by atoms with Crippen molar-refractivity contribution in [3.8, 4) is 11.5 Å². The number of hydroxylamine groups is 4. The van der Waals surface area contributed by atoms with E-state index < -0.39 is 59.1 Å². The molecule has 1 aromatic carbocycles. The lowest BCUT2D eigenvalue weighted by atomic mass is 9.57. The summed E-state index contributed by atoms with van der Waals surface area (Å²) in [5.74, 6) is -7.57. The van der Waals surface area contributed by atoms with Gasteiger partial charge in [-0.25, -0.2) is 0 Å². The fourth-order valence-corrected chi connectivity index (χ4v) is 5.82. The molecule has 4 amide bonds. The SMILES string of the molecule is COc1ccc([C@H]2C3=CC[C@@H]4C(=O)N(O)C(=O)[C@@H]4[C@@H]3C[C@H]3C(=O)N(O)C(=O)[C@@H]23)c(O)c1. The number of rotatable bonds is 2. The van der Waals surface area contributed by atoms with Gasteiger partial charge in [-0.2, -0.15) is 10.1 Å². The lowest BCUT2D eigenvalue weighted by molar-refractivity contribution is -0.174. The number of carbonyl (C=O) groups is 4. The summed E-state index contributed by atoms with van der Waals surface area (Å²) < 4.78 is 5.12. The van der Waals surface area contributed by atoms with E-state index in [-0.39, 0.29) is 28.7 Å². The quantitative estimate of drug-likeness (QED) is 0.357. The number of nitrogens with zero attached hydrogens (tertiary/aromatic N) is 2. The van der Waals surface area contributed by atoms with Crippen LogP contribution in [0.15, 0.2) is 29.8 Å². The van der Waals surface area contributed by atoms with Gasteiger partial charge in [0, 0.05) is 17.5 Å². The number of carbonyl (C=O) groups excluding carboxylic acids is 4. The first-order chi connectivity index (χ1) is 14.8. The van der Waals surface area contributed by atoms with Crippen LogP contribution in [0.25, 0.3) is 0 Å². The molecule has 2 saturated heterocycles. The fraction of sp³-hybridized carbons (Fsp3) is 0.429. The van der Waals surface area contributed by atoms with E-state index in [1.165, 1.54) is 13.2 Å². The summed E-state index contributed by atoms with van der Waals surface area (Å²) >= 11 is 0. The van der Waals surface area contributed by atoms with Gasteiger partial charge in [0.1, 0.15) is 11.5 Å². The van der Waals surface area contributed by atoms with Gasteiger partial charge < -0.3 is 9.84 Å². The van der Waals surface area contributed by atoms with Crippen LogP contribution in [0.2, 0.25) is 0 Å². The van der Waals surface area contributed by atoms with Crippen molar-refractivity contribution in [1.29, 1.82) is 0 Å². The first kappa shape index (κ1) is 19.7. The van der Waals surface area contributed by atoms with Crippen LogP contribution in [0, 0.1) is 29.6 Å². The maximum Gasteiger partial charge on any atom is 0.258 e. The molecule has 2 aliphatic heterocycles. The maximum atomic E-state index is 12.8. The molecule has 3 N–H and O–H groups in total. The van der Waals surface area contributed by atoms with E-state index in [1.54, 1.807) is 18.2 Å². The largest absolute Gasteiger partial charge is 0.508 e. The average Bonchev–Trinajstić information content (AvgIpc) is 3.12. The first-order valence-electron chi connectivity index (χ1n) is 9.96. The van der Waals surface area contributed by atoms with Crippen molar-refractivity contribution >= 4 is 23.6 Å². The predicted molar refractivity (Wildman–Crippen MR) is 99.4 cm³/mol. The third-order valence-corrected chi connectivity index (χ3v) is 7.17. The molecule has 2 heterocycles. The van der Waals surface area contributed by atoms with E-state index in [0.717, 1.165) is 0 Å². The van der Waals surface area contributed by atoms with E-state index >= 15 is 0 Å². The first-order valence-corrected chi connectivity index (χ1v) is 9.96. The van der Waals surface area contributed by atoms with Crippen LogP contribution in [0.1, 0.15) is 24.3 Å². The molecular formula is C21H20N2O8. The molecule has 2 aliphatic carbocycles. The number of phenolic OH excluding ortho intramolecular Hbond substituents is 1. The highest BCUT2D eigenvalue weighted by atomic mass is 16.5. The zero-order chi connectivity index (χ0) is 22.2. The third-order valence-electron chi connectivity index (χ3n) is 7.17. The Bertz CT molecular complexity index is 1070. The number of hydrogen-bond acceptors (Lipinski definition) is 8. The monoisotopic (exact) mass is 428 g/mol. The van der Waals surface area contributed by atoms with Crippen molar-refractivity contribution in [2.75, 3.05) is 7.11 Å². The summed E-state index contributed by atoms with van der Waals surface area (Å²) in [5, 5.41) is 30.8. The van der Waals surface area contributed by atoms with Crippen LogP contribution in [0.4, 0.5) is 0 Å². The molecule has 5 rings (SSSR count). The summed E-state index contributed by atoms with van der Waals surface area (Å²) in [6.07, 6.45) is 2.03. The molecule has 31 heavy (non-hydrogen) atoms. The molecule has 6 atom stereocenters. The number of benzene rings is 1. The lowest BCUT2D eigenvalue weighted by Crippen LogP contribution is -2.43. The Labute approximate surface area is 176 Å². The summed E-state index contributed by atoms with van der Waals surface area (Å²) in [4.78, 5) is 50.4. The van der Waals surface area contributed by atoms with Crippen LogP contribution < -0.4 is 4.74 Å². The number of fused-ring (bicyclic) bond motifs is 4. The molecule has 1 saturated carbocycles. The number of amides is 4. The molecule has 10 heteroatoms. The molecule has 1 aromatic rings. The molecule has 0 unspecified atom stereocenters. The van der Waals surface area contributed by atoms with Gasteiger partial charge in [-0.3, -0.25) is 29.6 Å². The van der Waals surface area contributed by atoms with Crippen molar-refractivity contribution in [2.24, 2.45) is 29.6 Å². The molecular weight excluding hydrogens is 408 g/mol. The van der Waals surface area contributed by atoms with Gasteiger partial charge in [-0.05, 0) is 24.8 Å². The molecule has 162 valence electrons. The second-order valence-corrected chi connectivity index (χ2v) is 8.43. The van der Waals surface area contributed by atoms with Gasteiger partial charge in [0.15, 0.2) is 0 Å². The highest BCUT2D eigenvalue weighted by Crippen LogP contribution is 2.58. The minimum atomic E-state index is -0.951. The minimum Gasteiger partial charge on any atom is -0.508 e. The Morgan fingerprint density at radius 3 is 2.19 bits per heavy atom. The fourth-order valence-electron chi connectivity index (χ4n) is 5.82. The summed E-state index contributed by atoms with van der Waals surface area (Å²) in [6.45, 7) is 0. The van der Waals surface area contributed by atoms with Crippen LogP contribution >= 0.6 is 0 Å². The van der Waals surface area contributed by atoms with Gasteiger partial charge in [0.2, 0.25) is 0 Å². The number of methoxy groups -OCH3 is 1. The molecule has 0 radical (unpaired) electrons. The Kier molecular flexibility index (Phi) is 4.21. The summed E-state index contributed by atoms with van der Waals surface area (Å²) in [6, 6.07) is 4.58. The number of hydrogen-bond donors (Lipinski definition) is 3. The second kappa shape index (κ2) is 6.63. The maximum absolute atomic E-state index is 12.8. The standard InChI is InChI=1S/C21H20N2O8/c1-31-8-2-3-10(14(24)6-8)15-9-4-5-11-16(20(27)22(29)18(11)25)12(9)7-13-17(15)21(28)23(30)19(13)26/h2-4,6,11-13,15-17,24,29-30H,5,7H2,1H3/t11-,12+,13+,15+,16-,17+/m0/s1. The lowest BCUT2D eigenvalue weighted by Gasteiger charge is -2.43. The summed E-state index contributed by atoms with van der Waals surface area (Å²) in [5.41, 5.74) is 1.01. The number of imide groups is 2. The topological polar surface area (TPSA) is 145 Å². The Balaban J connectivity index is 1.67. The van der Waals surface area contributed by atoms with Gasteiger partial charge >= 0.3 is 0 Å². The minimum absolute atomic E-state index is 0.0829. The van der Waals surface area contributed by atoms with E-state index in [2.05, 4.69) is 0 Å². The molecule has 4 aliphatic rings. The van der Waals surface area contributed by atoms with E-state index in [4.69, 9.17) is 4.74 Å². The number of ether oxygens (including phenoxy) is 1. The van der Waals surface area contributed by atoms with Crippen LogP contribution in [0.3, 0.4) is 0 Å². The molecule has 0 aromatic heterocycles. The highest BCUT2D eigenvalue weighted by Gasteiger charge is 2.62. The van der Waals surface area contributed by atoms with Gasteiger partial charge in [-0.15, -0.1) is 0 Å². The van der Waals surface area contributed by atoms with E-state index in [9.17, 15) is 34.7 Å². The second-order valence-electron chi connectivity index (χ2n) is 8.43. The molecule has 10 nitrogen and oxygen atoms in total. The van der Waals surface area contributed by atoms with Crippen molar-refractivity contribution in [3.63, 3.8) is 0 Å². The molecule has 3 fully saturated rings. The van der Waals surface area contributed by atoms with Crippen molar-refractivity contribution in [3.05, 3.63) is 35.4 Å². The van der Waals surface area contributed by atoms with Crippen molar-refractivity contribution < 1.29 is 39.4 Å². The highest BCUT2D eigenvalue weighted by molar-refractivity contribution is 6.06. The van der Waals surface area contributed by atoms with Gasteiger partial charge in [0.25, 0.3) is 23.6 Å².